The predicted octanol–water partition coefficient (Wildman–Crippen LogP) is 3.09. The molecule has 1 aromatic carbocycles. The van der Waals surface area contributed by atoms with Gasteiger partial charge in [0.15, 0.2) is 22.9 Å². The molecule has 0 unspecified atom stereocenters. The Hall–Kier alpha value is -4.02. The van der Waals surface area contributed by atoms with Gasteiger partial charge in [-0.1, -0.05) is 6.07 Å². The molecule has 1 saturated carbocycles. The minimum atomic E-state index is -4.46. The van der Waals surface area contributed by atoms with E-state index in [9.17, 15) is 23.4 Å². The Bertz CT molecular complexity index is 1450. The number of rotatable bonds is 5. The van der Waals surface area contributed by atoms with Gasteiger partial charge in [0, 0.05) is 35.1 Å². The lowest BCUT2D eigenvalue weighted by Gasteiger charge is -2.10. The Kier molecular flexibility index (Phi) is 4.95. The Morgan fingerprint density at radius 2 is 2.03 bits per heavy atom. The van der Waals surface area contributed by atoms with Gasteiger partial charge >= 0.3 is 6.18 Å². The van der Waals surface area contributed by atoms with Crippen molar-refractivity contribution in [2.45, 2.75) is 19.0 Å². The highest BCUT2D eigenvalue weighted by Gasteiger charge is 2.30. The highest BCUT2D eigenvalue weighted by molar-refractivity contribution is 5.63. The summed E-state index contributed by atoms with van der Waals surface area (Å²) in [5.74, 6) is 0.404. The van der Waals surface area contributed by atoms with E-state index in [0.29, 0.717) is 40.2 Å². The molecular weight excluding hydrogens is 437 g/mol. The number of fused-ring (bicyclic) bond motifs is 1. The Morgan fingerprint density at radius 1 is 1.21 bits per heavy atom. The van der Waals surface area contributed by atoms with Crippen molar-refractivity contribution >= 4 is 23.2 Å². The van der Waals surface area contributed by atoms with Crippen molar-refractivity contribution in [3.63, 3.8) is 0 Å². The van der Waals surface area contributed by atoms with Crippen molar-refractivity contribution in [1.29, 1.82) is 0 Å². The van der Waals surface area contributed by atoms with Gasteiger partial charge in [-0.3, -0.25) is 9.98 Å². The molecule has 8 nitrogen and oxygen atoms in total. The highest BCUT2D eigenvalue weighted by Crippen LogP contribution is 2.31. The summed E-state index contributed by atoms with van der Waals surface area (Å²) < 4.78 is 40.8. The molecule has 3 aromatic heterocycles. The summed E-state index contributed by atoms with van der Waals surface area (Å²) in [5, 5.41) is 27.3. The third-order valence-electron chi connectivity index (χ3n) is 5.27. The van der Waals surface area contributed by atoms with E-state index in [1.807, 2.05) is 0 Å². The molecule has 0 spiro atoms. The molecule has 0 saturated heterocycles. The van der Waals surface area contributed by atoms with Crippen LogP contribution in [0.2, 0.25) is 0 Å². The van der Waals surface area contributed by atoms with E-state index in [-0.39, 0.29) is 17.4 Å². The fourth-order valence-corrected chi connectivity index (χ4v) is 3.41. The van der Waals surface area contributed by atoms with Gasteiger partial charge in [0.05, 0.1) is 11.8 Å². The number of aromatic amines is 1. The number of benzene rings is 1. The van der Waals surface area contributed by atoms with E-state index in [0.717, 1.165) is 25.0 Å². The van der Waals surface area contributed by atoms with Crippen molar-refractivity contribution in [2.75, 3.05) is 11.9 Å². The third-order valence-corrected chi connectivity index (χ3v) is 5.27. The fourth-order valence-electron chi connectivity index (χ4n) is 3.41. The Morgan fingerprint density at radius 3 is 2.73 bits per heavy atom. The van der Waals surface area contributed by atoms with Gasteiger partial charge in [-0.2, -0.15) is 22.8 Å². The van der Waals surface area contributed by atoms with Crippen LogP contribution in [0.1, 0.15) is 24.0 Å². The molecule has 0 amide bonds. The highest BCUT2D eigenvalue weighted by atomic mass is 19.4. The molecule has 0 aliphatic heterocycles. The van der Waals surface area contributed by atoms with Crippen LogP contribution in [0.25, 0.3) is 11.7 Å². The zero-order chi connectivity index (χ0) is 23.2. The van der Waals surface area contributed by atoms with Gasteiger partial charge in [-0.05, 0) is 43.0 Å². The van der Waals surface area contributed by atoms with Crippen molar-refractivity contribution in [3.8, 4) is 11.8 Å². The van der Waals surface area contributed by atoms with Gasteiger partial charge in [0.1, 0.15) is 5.82 Å². The number of aromatic hydroxyl groups is 2. The summed E-state index contributed by atoms with van der Waals surface area (Å²) in [6, 6.07) is 7.83. The number of alkyl halides is 3. The predicted molar refractivity (Wildman–Crippen MR) is 114 cm³/mol. The van der Waals surface area contributed by atoms with Gasteiger partial charge in [-0.15, -0.1) is 0 Å². The summed E-state index contributed by atoms with van der Waals surface area (Å²) in [7, 11) is 0. The summed E-state index contributed by atoms with van der Waals surface area (Å²) in [4.78, 5) is 11.5. The van der Waals surface area contributed by atoms with E-state index >= 15 is 0 Å². The Balaban J connectivity index is 1.61. The molecule has 0 radical (unpaired) electrons. The molecule has 11 heteroatoms. The van der Waals surface area contributed by atoms with Crippen LogP contribution < -0.4 is 16.0 Å². The standard InChI is InChI=1S/C22H19F3N6O2/c23-22(24,25)15-2-1-3-16(8-15)28-17-9-18(26-10-12-4-5-12)31-20(29-17)14(11-27-31)6-13-7-19(32)30-21(13)33/h1-3,6-9,11-12,28,30,32-33H,4-5,10H2. The minimum Gasteiger partial charge on any atom is -0.494 e. The van der Waals surface area contributed by atoms with Crippen molar-refractivity contribution < 1.29 is 23.4 Å². The molecule has 4 N–H and O–H groups in total. The molecule has 3 heterocycles. The molecule has 0 bridgehead atoms. The van der Waals surface area contributed by atoms with Crippen LogP contribution in [0.3, 0.4) is 0 Å². The second-order valence-electron chi connectivity index (χ2n) is 7.93. The monoisotopic (exact) mass is 456 g/mol. The quantitative estimate of drug-likeness (QED) is 0.369. The van der Waals surface area contributed by atoms with Crippen molar-refractivity contribution in [3.05, 3.63) is 64.4 Å². The summed E-state index contributed by atoms with van der Waals surface area (Å²) in [5.41, 5.74) is 0.682. The molecule has 0 atom stereocenters. The van der Waals surface area contributed by atoms with Gasteiger partial charge in [0.2, 0.25) is 0 Å². The average Bonchev–Trinajstić information content (AvgIpc) is 3.42. The van der Waals surface area contributed by atoms with E-state index in [1.165, 1.54) is 28.9 Å². The fraction of sp³-hybridized carbons (Fsp3) is 0.227. The molecule has 33 heavy (non-hydrogen) atoms. The van der Waals surface area contributed by atoms with Crippen molar-refractivity contribution in [1.82, 2.24) is 19.6 Å². The summed E-state index contributed by atoms with van der Waals surface area (Å²) in [6.07, 6.45) is 0.885. The van der Waals surface area contributed by atoms with Crippen LogP contribution in [0, 0.1) is 5.92 Å². The van der Waals surface area contributed by atoms with Crippen LogP contribution in [0.15, 0.2) is 47.6 Å². The van der Waals surface area contributed by atoms with Gasteiger partial charge < -0.3 is 15.5 Å². The molecular formula is C22H19F3N6O2. The van der Waals surface area contributed by atoms with Crippen LogP contribution in [-0.4, -0.2) is 36.3 Å². The number of anilines is 2. The van der Waals surface area contributed by atoms with Crippen LogP contribution in [0.4, 0.5) is 24.7 Å². The minimum absolute atomic E-state index is 0.199. The molecule has 4 aromatic rings. The lowest BCUT2D eigenvalue weighted by Crippen LogP contribution is -2.20. The van der Waals surface area contributed by atoms with Crippen LogP contribution >= 0.6 is 0 Å². The second kappa shape index (κ2) is 7.84. The molecule has 1 fully saturated rings. The summed E-state index contributed by atoms with van der Waals surface area (Å²) >= 11 is 0. The number of hydrogen-bond acceptors (Lipinski definition) is 6. The number of halogens is 3. The average molecular weight is 456 g/mol. The number of nitrogens with one attached hydrogen (secondary N) is 2. The zero-order valence-corrected chi connectivity index (χ0v) is 17.1. The molecule has 5 rings (SSSR count). The topological polar surface area (TPSA) is 111 Å². The first-order valence-corrected chi connectivity index (χ1v) is 10.2. The first kappa shape index (κ1) is 20.9. The van der Waals surface area contributed by atoms with E-state index < -0.39 is 11.7 Å². The van der Waals surface area contributed by atoms with Crippen molar-refractivity contribution in [2.24, 2.45) is 10.9 Å². The maximum Gasteiger partial charge on any atom is 0.416 e. The first-order chi connectivity index (χ1) is 15.8. The maximum atomic E-state index is 13.1. The maximum absolute atomic E-state index is 13.1. The van der Waals surface area contributed by atoms with E-state index in [1.54, 1.807) is 12.1 Å². The number of aromatic nitrogens is 4. The van der Waals surface area contributed by atoms with Crippen LogP contribution in [-0.2, 0) is 6.18 Å². The Labute approximate surface area is 184 Å². The smallest absolute Gasteiger partial charge is 0.416 e. The van der Waals surface area contributed by atoms with Crippen LogP contribution in [0.5, 0.6) is 11.8 Å². The van der Waals surface area contributed by atoms with Gasteiger partial charge in [-0.25, -0.2) is 4.98 Å². The second-order valence-corrected chi connectivity index (χ2v) is 7.93. The molecule has 1 aliphatic carbocycles. The first-order valence-electron chi connectivity index (χ1n) is 10.2. The summed E-state index contributed by atoms with van der Waals surface area (Å²) in [6.45, 7) is 0.619. The number of hydrogen-bond donors (Lipinski definition) is 4. The molecule has 170 valence electrons. The van der Waals surface area contributed by atoms with Gasteiger partial charge in [0.25, 0.3) is 0 Å². The van der Waals surface area contributed by atoms with E-state index in [4.69, 9.17) is 0 Å². The molecule has 1 aliphatic rings. The lowest BCUT2D eigenvalue weighted by atomic mass is 10.2. The number of H-pyrrole nitrogens is 1. The normalized spacial score (nSPS) is 15.5. The SMILES string of the molecule is Oc1cc(C=c2cnn3c(=NCC4CC4)cc(Nc4cccc(C(F)(F)F)c4)nc23)c(O)[nH]1. The largest absolute Gasteiger partial charge is 0.494 e. The third kappa shape index (κ3) is 4.47. The lowest BCUT2D eigenvalue weighted by molar-refractivity contribution is -0.137. The number of nitrogens with zero attached hydrogens (tertiary/aromatic N) is 4. The zero-order valence-electron chi connectivity index (χ0n) is 17.1. The van der Waals surface area contributed by atoms with E-state index in [2.05, 4.69) is 25.4 Å².